The summed E-state index contributed by atoms with van der Waals surface area (Å²) < 4.78 is 45.6. The van der Waals surface area contributed by atoms with E-state index in [0.29, 0.717) is 48.7 Å². The average Bonchev–Trinajstić information content (AvgIpc) is 3.67. The van der Waals surface area contributed by atoms with E-state index in [-0.39, 0.29) is 50.3 Å². The number of benzene rings is 2. The zero-order valence-electron chi connectivity index (χ0n) is 23.9. The van der Waals surface area contributed by atoms with Crippen LogP contribution in [-0.2, 0) is 32.8 Å². The molecule has 0 aliphatic carbocycles. The summed E-state index contributed by atoms with van der Waals surface area (Å²) >= 11 is 0. The van der Waals surface area contributed by atoms with E-state index in [9.17, 15) is 14.4 Å². The summed E-state index contributed by atoms with van der Waals surface area (Å²) in [6.07, 6.45) is 4.39. The summed E-state index contributed by atoms with van der Waals surface area (Å²) in [4.78, 5) is 40.5. The minimum absolute atomic E-state index is 0.0844. The van der Waals surface area contributed by atoms with Crippen molar-refractivity contribution in [2.75, 3.05) is 32.9 Å². The van der Waals surface area contributed by atoms with Crippen molar-refractivity contribution in [3.63, 3.8) is 0 Å². The Kier molecular flexibility index (Phi) is 6.18. The molecule has 8 rings (SSSR count). The second kappa shape index (κ2) is 9.93. The molecule has 0 radical (unpaired) electrons. The number of carbonyl (C=O) groups is 3. The molecule has 1 spiro atoms. The highest BCUT2D eigenvalue weighted by atomic mass is 19.3. The van der Waals surface area contributed by atoms with Crippen LogP contribution in [0.25, 0.3) is 11.1 Å². The maximum Gasteiger partial charge on any atom is 0.273 e. The van der Waals surface area contributed by atoms with E-state index in [1.165, 1.54) is 4.90 Å². The summed E-state index contributed by atoms with van der Waals surface area (Å²) in [5.74, 6) is -3.98. The first kappa shape index (κ1) is 27.4. The number of imide groups is 1. The lowest BCUT2D eigenvalue weighted by molar-refractivity contribution is -0.137. The number of ether oxygens (including phenoxy) is 2. The maximum atomic E-state index is 16.2. The van der Waals surface area contributed by atoms with Crippen LogP contribution in [0.15, 0.2) is 48.8 Å². The van der Waals surface area contributed by atoms with Gasteiger partial charge in [-0.05, 0) is 42.6 Å². The molecule has 3 fully saturated rings. The molecular weight excluding hydrogens is 572 g/mol. The molecule has 5 aliphatic rings. The monoisotopic (exact) mass is 603 g/mol. The van der Waals surface area contributed by atoms with Gasteiger partial charge in [0.2, 0.25) is 11.8 Å². The Hall–Kier alpha value is -4.16. The molecule has 5 aliphatic heterocycles. The van der Waals surface area contributed by atoms with Gasteiger partial charge in [0.1, 0.15) is 18.4 Å². The van der Waals surface area contributed by atoms with Crippen LogP contribution >= 0.6 is 0 Å². The fourth-order valence-corrected chi connectivity index (χ4v) is 7.29. The normalized spacial score (nSPS) is 26.4. The predicted octanol–water partition coefficient (Wildman–Crippen LogP) is 3.05. The molecule has 2 aromatic carbocycles. The van der Waals surface area contributed by atoms with Gasteiger partial charge in [0.15, 0.2) is 0 Å². The Morgan fingerprint density at radius 2 is 1.95 bits per heavy atom. The van der Waals surface area contributed by atoms with Gasteiger partial charge in [-0.15, -0.1) is 0 Å². The van der Waals surface area contributed by atoms with Gasteiger partial charge in [0, 0.05) is 41.4 Å². The van der Waals surface area contributed by atoms with Gasteiger partial charge < -0.3 is 14.4 Å². The highest BCUT2D eigenvalue weighted by Crippen LogP contribution is 2.55. The summed E-state index contributed by atoms with van der Waals surface area (Å²) in [6, 6.07) is 10.6. The van der Waals surface area contributed by atoms with E-state index in [2.05, 4.69) is 10.4 Å². The van der Waals surface area contributed by atoms with Crippen LogP contribution in [0.5, 0.6) is 5.75 Å². The largest absolute Gasteiger partial charge is 0.492 e. The number of hydrogen-bond donors (Lipinski definition) is 1. The smallest absolute Gasteiger partial charge is 0.273 e. The number of nitrogens with one attached hydrogen (secondary N) is 1. The van der Waals surface area contributed by atoms with Crippen LogP contribution in [0.4, 0.5) is 8.78 Å². The zero-order valence-corrected chi connectivity index (χ0v) is 23.9. The minimum atomic E-state index is -3.08. The number of nitrogens with zero attached hydrogens (tertiary/aromatic N) is 4. The van der Waals surface area contributed by atoms with Crippen LogP contribution in [0.3, 0.4) is 0 Å². The quantitative estimate of drug-likeness (QED) is 0.447. The number of carbonyl (C=O) groups excluding carboxylic acids is 3. The maximum absolute atomic E-state index is 16.2. The molecule has 2 atom stereocenters. The number of aromatic nitrogens is 2. The Labute approximate surface area is 251 Å². The first-order valence-electron chi connectivity index (χ1n) is 15.0. The Morgan fingerprint density at radius 3 is 2.73 bits per heavy atom. The number of rotatable bonds is 5. The van der Waals surface area contributed by atoms with E-state index in [4.69, 9.17) is 9.47 Å². The Bertz CT molecular complexity index is 1700. The van der Waals surface area contributed by atoms with E-state index < -0.39 is 29.8 Å². The molecule has 44 heavy (non-hydrogen) atoms. The van der Waals surface area contributed by atoms with E-state index in [1.54, 1.807) is 17.0 Å². The fraction of sp³-hybridized carbons (Fsp3) is 0.438. The third-order valence-corrected chi connectivity index (χ3v) is 9.88. The van der Waals surface area contributed by atoms with Gasteiger partial charge in [-0.1, -0.05) is 24.3 Å². The molecular formula is C32H31F2N5O5. The van der Waals surface area contributed by atoms with Gasteiger partial charge in [-0.3, -0.25) is 29.3 Å². The molecule has 12 heteroatoms. The molecule has 3 aromatic rings. The molecule has 1 N–H and O–H groups in total. The average molecular weight is 604 g/mol. The second-order valence-corrected chi connectivity index (χ2v) is 12.5. The van der Waals surface area contributed by atoms with Crippen LogP contribution < -0.4 is 10.1 Å². The van der Waals surface area contributed by atoms with Crippen molar-refractivity contribution in [2.45, 2.75) is 55.8 Å². The van der Waals surface area contributed by atoms with E-state index >= 15 is 8.78 Å². The highest BCUT2D eigenvalue weighted by Gasteiger charge is 2.62. The molecule has 1 aromatic heterocycles. The topological polar surface area (TPSA) is 106 Å². The van der Waals surface area contributed by atoms with Crippen LogP contribution in [0.2, 0.25) is 0 Å². The van der Waals surface area contributed by atoms with Crippen molar-refractivity contribution < 1.29 is 32.6 Å². The van der Waals surface area contributed by atoms with Crippen molar-refractivity contribution >= 4 is 17.7 Å². The van der Waals surface area contributed by atoms with Gasteiger partial charge >= 0.3 is 0 Å². The second-order valence-electron chi connectivity index (χ2n) is 12.5. The number of hydrogen-bond acceptors (Lipinski definition) is 7. The third kappa shape index (κ3) is 4.18. The molecule has 0 saturated carbocycles. The van der Waals surface area contributed by atoms with Gasteiger partial charge in [0.25, 0.3) is 11.8 Å². The van der Waals surface area contributed by atoms with Crippen molar-refractivity contribution in [1.82, 2.24) is 24.9 Å². The molecule has 0 unspecified atom stereocenters. The minimum Gasteiger partial charge on any atom is -0.492 e. The lowest BCUT2D eigenvalue weighted by atomic mass is 9.71. The third-order valence-electron chi connectivity index (χ3n) is 9.88. The summed E-state index contributed by atoms with van der Waals surface area (Å²) in [5.41, 5.74) is 2.73. The summed E-state index contributed by atoms with van der Waals surface area (Å²) in [6.45, 7) is 1.65. The van der Waals surface area contributed by atoms with Gasteiger partial charge in [-0.2, -0.15) is 5.10 Å². The standard InChI is InChI=1S/C32H31F2N5O5/c33-32(34)17-37(12-19-2-1-3-20(10-19)21-11-35-39(13-21)22-15-43-16-22)9-8-31(32)18-44-28-24-14-38(26-6-7-27(40)36-29(26)41)30(42)23(24)4-5-25(28)31/h1-5,10-11,13,22,26H,6-9,12,14-18H2,(H,36,40,41)/t26-,31+/m0/s1. The van der Waals surface area contributed by atoms with Crippen molar-refractivity contribution in [1.29, 1.82) is 0 Å². The highest BCUT2D eigenvalue weighted by molar-refractivity contribution is 6.05. The SMILES string of the molecule is O=C1CC[C@H](N2Cc3c(ccc4c3OC[C@]43CCN(Cc4cccc(-c5cnn(C6COC6)c5)c4)CC3(F)F)C2=O)C(=O)N1. The molecule has 3 amide bonds. The van der Waals surface area contributed by atoms with Crippen molar-refractivity contribution in [2.24, 2.45) is 0 Å². The Morgan fingerprint density at radius 1 is 1.09 bits per heavy atom. The fourth-order valence-electron chi connectivity index (χ4n) is 7.29. The summed E-state index contributed by atoms with van der Waals surface area (Å²) in [5, 5.41) is 6.75. The van der Waals surface area contributed by atoms with E-state index in [1.807, 2.05) is 41.3 Å². The number of likely N-dealkylation sites (tertiary alicyclic amines) is 1. The van der Waals surface area contributed by atoms with Crippen molar-refractivity contribution in [3.8, 4) is 16.9 Å². The Balaban J connectivity index is 0.997. The first-order valence-corrected chi connectivity index (χ1v) is 15.0. The number of piperidine rings is 2. The number of halogens is 2. The molecule has 228 valence electrons. The van der Waals surface area contributed by atoms with Crippen LogP contribution in [-0.4, -0.2) is 82.2 Å². The van der Waals surface area contributed by atoms with Gasteiger partial charge in [-0.25, -0.2) is 8.78 Å². The number of fused-ring (bicyclic) bond motifs is 4. The molecule has 3 saturated heterocycles. The lowest BCUT2D eigenvalue weighted by Gasteiger charge is -2.44. The number of amides is 3. The predicted molar refractivity (Wildman–Crippen MR) is 152 cm³/mol. The van der Waals surface area contributed by atoms with Crippen LogP contribution in [0.1, 0.15) is 52.4 Å². The first-order chi connectivity index (χ1) is 21.2. The molecule has 6 heterocycles. The molecule has 10 nitrogen and oxygen atoms in total. The van der Waals surface area contributed by atoms with Crippen LogP contribution in [0, 0.1) is 0 Å². The van der Waals surface area contributed by atoms with E-state index in [0.717, 1.165) is 16.7 Å². The summed E-state index contributed by atoms with van der Waals surface area (Å²) in [7, 11) is 0. The van der Waals surface area contributed by atoms with Crippen molar-refractivity contribution in [3.05, 3.63) is 71.0 Å². The lowest BCUT2D eigenvalue weighted by Crippen LogP contribution is -2.58. The van der Waals surface area contributed by atoms with Gasteiger partial charge in [0.05, 0.1) is 44.0 Å². The zero-order chi connectivity index (χ0) is 30.2. The molecule has 0 bridgehead atoms. The number of alkyl halides is 2.